The second kappa shape index (κ2) is 8.12. The van der Waals surface area contributed by atoms with Gasteiger partial charge in [-0.15, -0.1) is 0 Å². The van der Waals surface area contributed by atoms with Crippen molar-refractivity contribution in [2.24, 2.45) is 7.05 Å². The Hall–Kier alpha value is -3.65. The fraction of sp³-hybridized carbons (Fsp3) is 0.292. The van der Waals surface area contributed by atoms with Gasteiger partial charge in [0.2, 0.25) is 0 Å². The molecule has 5 heterocycles. The fourth-order valence-corrected chi connectivity index (χ4v) is 3.90. The van der Waals surface area contributed by atoms with Crippen LogP contribution >= 0.6 is 0 Å². The zero-order chi connectivity index (χ0) is 22.2. The van der Waals surface area contributed by atoms with E-state index in [4.69, 9.17) is 0 Å². The molecule has 0 radical (unpaired) electrons. The van der Waals surface area contributed by atoms with Crippen molar-refractivity contribution < 1.29 is 4.79 Å². The molecule has 0 bridgehead atoms. The van der Waals surface area contributed by atoms with E-state index in [0.29, 0.717) is 11.6 Å². The summed E-state index contributed by atoms with van der Waals surface area (Å²) in [6.07, 6.45) is 9.26. The summed E-state index contributed by atoms with van der Waals surface area (Å²) in [5, 5.41) is 5.18. The number of aromatic nitrogens is 5. The van der Waals surface area contributed by atoms with Crippen LogP contribution in [0.4, 0.5) is 5.82 Å². The first kappa shape index (κ1) is 20.3. The molecule has 0 N–H and O–H groups in total. The first-order valence-corrected chi connectivity index (χ1v) is 10.6. The molecule has 8 heteroatoms. The molecule has 1 aliphatic heterocycles. The maximum absolute atomic E-state index is 13.0. The predicted molar refractivity (Wildman–Crippen MR) is 124 cm³/mol. The van der Waals surface area contributed by atoms with Crippen LogP contribution in [0.25, 0.3) is 22.0 Å². The third-order valence-electron chi connectivity index (χ3n) is 5.99. The normalized spacial score (nSPS) is 14.2. The Morgan fingerprint density at radius 1 is 1.06 bits per heavy atom. The Morgan fingerprint density at radius 2 is 1.91 bits per heavy atom. The van der Waals surface area contributed by atoms with Crippen molar-refractivity contribution in [1.82, 2.24) is 29.6 Å². The van der Waals surface area contributed by atoms with E-state index in [9.17, 15) is 4.79 Å². The minimum Gasteiger partial charge on any atom is -0.353 e. The first-order chi connectivity index (χ1) is 15.5. The summed E-state index contributed by atoms with van der Waals surface area (Å²) in [7, 11) is 6.06. The lowest BCUT2D eigenvalue weighted by atomic mass is 10.0. The third kappa shape index (κ3) is 3.97. The van der Waals surface area contributed by atoms with E-state index in [1.165, 1.54) is 0 Å². The van der Waals surface area contributed by atoms with Gasteiger partial charge in [0.05, 0.1) is 24.3 Å². The molecule has 0 aliphatic carbocycles. The van der Waals surface area contributed by atoms with Gasteiger partial charge in [0.25, 0.3) is 0 Å². The van der Waals surface area contributed by atoms with Gasteiger partial charge in [-0.1, -0.05) is 0 Å². The van der Waals surface area contributed by atoms with E-state index >= 15 is 0 Å². The number of ketones is 1. The molecule has 1 saturated heterocycles. The first-order valence-electron chi connectivity index (χ1n) is 10.6. The van der Waals surface area contributed by atoms with Gasteiger partial charge in [-0.05, 0) is 38.4 Å². The van der Waals surface area contributed by atoms with Gasteiger partial charge >= 0.3 is 0 Å². The van der Waals surface area contributed by atoms with Crippen LogP contribution in [-0.4, -0.2) is 68.6 Å². The molecule has 0 amide bonds. The Morgan fingerprint density at radius 3 is 2.66 bits per heavy atom. The van der Waals surface area contributed by atoms with Crippen molar-refractivity contribution in [3.05, 3.63) is 66.5 Å². The van der Waals surface area contributed by atoms with Crippen LogP contribution in [0.5, 0.6) is 0 Å². The third-order valence-corrected chi connectivity index (χ3v) is 5.99. The quantitative estimate of drug-likeness (QED) is 0.438. The molecule has 0 spiro atoms. The van der Waals surface area contributed by atoms with Gasteiger partial charge in [0.1, 0.15) is 5.82 Å². The van der Waals surface area contributed by atoms with E-state index in [2.05, 4.69) is 50.0 Å². The summed E-state index contributed by atoms with van der Waals surface area (Å²) in [5.41, 5.74) is 4.17. The number of rotatable bonds is 6. The van der Waals surface area contributed by atoms with Crippen LogP contribution in [-0.2, 0) is 13.5 Å². The van der Waals surface area contributed by atoms with E-state index in [1.54, 1.807) is 23.1 Å². The van der Waals surface area contributed by atoms with Crippen LogP contribution in [0, 0.1) is 0 Å². The lowest BCUT2D eigenvalue weighted by molar-refractivity contribution is 0.0992. The topological polar surface area (TPSA) is 80.0 Å². The number of hydrogen-bond donors (Lipinski definition) is 0. The number of hydrogen-bond acceptors (Lipinski definition) is 7. The standard InChI is InChI=1S/C24H25N7O/c1-29(2)21-14-31(15-21)24-8-16(4-5-25-24)23(32)9-20-7-17-6-18(10-27-22(17)12-26-20)19-11-28-30(3)13-19/h4-8,10-13,21H,9,14-15H2,1-3H3. The van der Waals surface area contributed by atoms with Crippen molar-refractivity contribution in [3.8, 4) is 11.1 Å². The number of nitrogens with zero attached hydrogens (tertiary/aromatic N) is 7. The lowest BCUT2D eigenvalue weighted by Crippen LogP contribution is -2.57. The summed E-state index contributed by atoms with van der Waals surface area (Å²) in [6.45, 7) is 1.85. The number of aryl methyl sites for hydroxylation is 1. The van der Waals surface area contributed by atoms with Gasteiger partial charge in [0.15, 0.2) is 5.78 Å². The van der Waals surface area contributed by atoms with E-state index in [0.717, 1.165) is 46.6 Å². The van der Waals surface area contributed by atoms with Gasteiger partial charge in [-0.3, -0.25) is 19.4 Å². The SMILES string of the molecule is CN(C)C1CN(c2cc(C(=O)Cc3cc4cc(-c5cnn(C)c5)cnc4cn3)ccn2)C1. The number of pyridine rings is 3. The summed E-state index contributed by atoms with van der Waals surface area (Å²) >= 11 is 0. The van der Waals surface area contributed by atoms with E-state index < -0.39 is 0 Å². The number of fused-ring (bicyclic) bond motifs is 1. The molecule has 32 heavy (non-hydrogen) atoms. The van der Waals surface area contributed by atoms with Crippen molar-refractivity contribution in [2.45, 2.75) is 12.5 Å². The monoisotopic (exact) mass is 427 g/mol. The molecule has 1 fully saturated rings. The zero-order valence-electron chi connectivity index (χ0n) is 18.4. The summed E-state index contributed by atoms with van der Waals surface area (Å²) in [4.78, 5) is 30.8. The summed E-state index contributed by atoms with van der Waals surface area (Å²) in [5.74, 6) is 0.882. The molecule has 4 aromatic rings. The molecular weight excluding hydrogens is 402 g/mol. The van der Waals surface area contributed by atoms with Crippen LogP contribution in [0.15, 0.2) is 55.2 Å². The Balaban J connectivity index is 1.34. The number of carbonyl (C=O) groups excluding carboxylic acids is 1. The van der Waals surface area contributed by atoms with Gasteiger partial charge < -0.3 is 9.80 Å². The molecule has 1 aliphatic rings. The van der Waals surface area contributed by atoms with Crippen molar-refractivity contribution >= 4 is 22.5 Å². The lowest BCUT2D eigenvalue weighted by Gasteiger charge is -2.43. The number of carbonyl (C=O) groups is 1. The molecule has 8 nitrogen and oxygen atoms in total. The van der Waals surface area contributed by atoms with Crippen molar-refractivity contribution in [2.75, 3.05) is 32.1 Å². The highest BCUT2D eigenvalue weighted by atomic mass is 16.1. The van der Waals surface area contributed by atoms with Crippen LogP contribution in [0.1, 0.15) is 16.1 Å². The smallest absolute Gasteiger partial charge is 0.169 e. The molecule has 162 valence electrons. The second-order valence-electron chi connectivity index (χ2n) is 8.52. The maximum Gasteiger partial charge on any atom is 0.169 e. The highest BCUT2D eigenvalue weighted by Gasteiger charge is 2.29. The van der Waals surface area contributed by atoms with E-state index in [1.807, 2.05) is 37.8 Å². The van der Waals surface area contributed by atoms with Crippen molar-refractivity contribution in [1.29, 1.82) is 0 Å². The number of anilines is 1. The maximum atomic E-state index is 13.0. The van der Waals surface area contributed by atoms with Gasteiger partial charge in [0, 0.05) is 72.5 Å². The molecule has 0 atom stereocenters. The largest absolute Gasteiger partial charge is 0.353 e. The molecular formula is C24H25N7O. The minimum atomic E-state index is 0.0292. The predicted octanol–water partition coefficient (Wildman–Crippen LogP) is 2.60. The van der Waals surface area contributed by atoms with Crippen LogP contribution < -0.4 is 4.90 Å². The fourth-order valence-electron chi connectivity index (χ4n) is 3.90. The molecule has 0 unspecified atom stereocenters. The minimum absolute atomic E-state index is 0.0292. The van der Waals surface area contributed by atoms with Gasteiger partial charge in [-0.25, -0.2) is 4.98 Å². The van der Waals surface area contributed by atoms with E-state index in [-0.39, 0.29) is 12.2 Å². The highest BCUT2D eigenvalue weighted by Crippen LogP contribution is 2.24. The summed E-state index contributed by atoms with van der Waals surface area (Å²) in [6, 6.07) is 8.20. The second-order valence-corrected chi connectivity index (χ2v) is 8.52. The van der Waals surface area contributed by atoms with Gasteiger partial charge in [-0.2, -0.15) is 5.10 Å². The molecule has 0 aromatic carbocycles. The molecule has 4 aromatic heterocycles. The number of Topliss-reactive ketones (excluding diaryl/α,β-unsaturated/α-hetero) is 1. The average Bonchev–Trinajstić information content (AvgIpc) is 3.18. The average molecular weight is 428 g/mol. The highest BCUT2D eigenvalue weighted by molar-refractivity contribution is 5.98. The molecule has 0 saturated carbocycles. The van der Waals surface area contributed by atoms with Crippen LogP contribution in [0.2, 0.25) is 0 Å². The summed E-state index contributed by atoms with van der Waals surface area (Å²) < 4.78 is 1.76. The Bertz CT molecular complexity index is 1290. The Labute approximate surface area is 186 Å². The molecule has 5 rings (SSSR count). The Kier molecular flexibility index (Phi) is 5.14. The zero-order valence-corrected chi connectivity index (χ0v) is 18.4. The van der Waals surface area contributed by atoms with Crippen molar-refractivity contribution in [3.63, 3.8) is 0 Å². The number of likely N-dealkylation sites (N-methyl/N-ethyl adjacent to an activating group) is 1. The van der Waals surface area contributed by atoms with Crippen LogP contribution in [0.3, 0.4) is 0 Å².